The maximum atomic E-state index is 8.71. The normalized spacial score (nSPS) is 24.8. The lowest BCUT2D eigenvalue weighted by atomic mass is 10.4. The molecule has 0 aromatic rings. The predicted octanol–water partition coefficient (Wildman–Crippen LogP) is 2.15. The SMILES string of the molecule is OS(O)(O)C1CCCC1. The molecule has 0 spiro atoms. The van der Waals surface area contributed by atoms with Gasteiger partial charge in [-0.15, -0.1) is 0 Å². The van der Waals surface area contributed by atoms with Gasteiger partial charge in [-0.1, -0.05) is 12.8 Å². The minimum absolute atomic E-state index is 0.238. The molecule has 0 unspecified atom stereocenters. The third-order valence-corrected chi connectivity index (χ3v) is 3.12. The second-order valence-corrected chi connectivity index (χ2v) is 4.26. The van der Waals surface area contributed by atoms with Crippen LogP contribution in [0.2, 0.25) is 0 Å². The van der Waals surface area contributed by atoms with Gasteiger partial charge >= 0.3 is 0 Å². The predicted molar refractivity (Wildman–Crippen MR) is 37.7 cm³/mol. The summed E-state index contributed by atoms with van der Waals surface area (Å²) in [4.78, 5) is 0. The van der Waals surface area contributed by atoms with Gasteiger partial charge in [-0.25, -0.2) is 0 Å². The second-order valence-electron chi connectivity index (χ2n) is 2.47. The smallest absolute Gasteiger partial charge is 0.0841 e. The Morgan fingerprint density at radius 3 is 1.67 bits per heavy atom. The van der Waals surface area contributed by atoms with Gasteiger partial charge in [0, 0.05) is 0 Å². The summed E-state index contributed by atoms with van der Waals surface area (Å²) in [6.45, 7) is 0. The van der Waals surface area contributed by atoms with Crippen molar-refractivity contribution in [2.24, 2.45) is 0 Å². The van der Waals surface area contributed by atoms with Gasteiger partial charge < -0.3 is 13.7 Å². The van der Waals surface area contributed by atoms with Crippen LogP contribution in [0.5, 0.6) is 0 Å². The Morgan fingerprint density at radius 2 is 1.44 bits per heavy atom. The Labute approximate surface area is 56.3 Å². The van der Waals surface area contributed by atoms with E-state index in [9.17, 15) is 0 Å². The quantitative estimate of drug-likeness (QED) is 0.539. The maximum Gasteiger partial charge on any atom is 0.0841 e. The highest BCUT2D eigenvalue weighted by Gasteiger charge is 2.29. The lowest BCUT2D eigenvalue weighted by Crippen LogP contribution is -2.12. The van der Waals surface area contributed by atoms with Gasteiger partial charge in [0.15, 0.2) is 0 Å². The molecule has 4 heteroatoms. The van der Waals surface area contributed by atoms with Crippen molar-refractivity contribution in [2.45, 2.75) is 30.9 Å². The summed E-state index contributed by atoms with van der Waals surface area (Å²) in [5.74, 6) is 0. The molecule has 0 amide bonds. The first-order chi connectivity index (χ1) is 4.11. The van der Waals surface area contributed by atoms with Gasteiger partial charge in [0.2, 0.25) is 0 Å². The van der Waals surface area contributed by atoms with Crippen LogP contribution in [-0.4, -0.2) is 18.9 Å². The lowest BCUT2D eigenvalue weighted by Gasteiger charge is -2.25. The molecule has 0 atom stereocenters. The van der Waals surface area contributed by atoms with E-state index in [0.29, 0.717) is 0 Å². The standard InChI is InChI=1S/C5H12O3S/c6-9(7,8)5-3-1-2-4-5/h5-8H,1-4H2. The van der Waals surface area contributed by atoms with Crippen molar-refractivity contribution in [1.82, 2.24) is 0 Å². The molecule has 56 valence electrons. The number of hydrogen-bond donors (Lipinski definition) is 3. The third kappa shape index (κ3) is 1.82. The zero-order chi connectivity index (χ0) is 6.91. The van der Waals surface area contributed by atoms with E-state index >= 15 is 0 Å². The molecule has 0 aromatic carbocycles. The van der Waals surface area contributed by atoms with Crippen LogP contribution in [0, 0.1) is 0 Å². The molecule has 1 saturated carbocycles. The summed E-state index contributed by atoms with van der Waals surface area (Å²) in [5.41, 5.74) is 0. The minimum Gasteiger partial charge on any atom is -0.308 e. The Bertz CT molecular complexity index is 92.9. The van der Waals surface area contributed by atoms with Crippen molar-refractivity contribution < 1.29 is 13.7 Å². The van der Waals surface area contributed by atoms with Gasteiger partial charge in [0.05, 0.1) is 16.1 Å². The molecule has 0 saturated heterocycles. The average Bonchev–Trinajstić information content (AvgIpc) is 2.08. The van der Waals surface area contributed by atoms with Crippen LogP contribution in [-0.2, 0) is 0 Å². The highest BCUT2D eigenvalue weighted by Crippen LogP contribution is 2.47. The van der Waals surface area contributed by atoms with Crippen LogP contribution in [0.4, 0.5) is 0 Å². The second kappa shape index (κ2) is 2.46. The van der Waals surface area contributed by atoms with E-state index in [0.717, 1.165) is 25.7 Å². The van der Waals surface area contributed by atoms with E-state index in [4.69, 9.17) is 13.7 Å². The van der Waals surface area contributed by atoms with Crippen molar-refractivity contribution in [3.63, 3.8) is 0 Å². The van der Waals surface area contributed by atoms with E-state index in [1.807, 2.05) is 0 Å². The summed E-state index contributed by atoms with van der Waals surface area (Å²) in [6, 6.07) is 0. The van der Waals surface area contributed by atoms with Gasteiger partial charge in [0.1, 0.15) is 0 Å². The first-order valence-electron chi connectivity index (χ1n) is 3.10. The van der Waals surface area contributed by atoms with Crippen LogP contribution in [0.3, 0.4) is 0 Å². The van der Waals surface area contributed by atoms with E-state index in [2.05, 4.69) is 0 Å². The summed E-state index contributed by atoms with van der Waals surface area (Å²) in [5, 5.41) is -0.238. The fraction of sp³-hybridized carbons (Fsp3) is 1.00. The molecule has 1 aliphatic rings. The molecule has 1 rings (SSSR count). The minimum atomic E-state index is -3.20. The van der Waals surface area contributed by atoms with Crippen LogP contribution in [0.25, 0.3) is 0 Å². The summed E-state index contributed by atoms with van der Waals surface area (Å²) in [6.07, 6.45) is 3.56. The van der Waals surface area contributed by atoms with Gasteiger partial charge in [-0.3, -0.25) is 0 Å². The van der Waals surface area contributed by atoms with E-state index in [1.54, 1.807) is 0 Å². The molecule has 3 nitrogen and oxygen atoms in total. The monoisotopic (exact) mass is 152 g/mol. The molecule has 1 aliphatic carbocycles. The zero-order valence-electron chi connectivity index (χ0n) is 5.16. The summed E-state index contributed by atoms with van der Waals surface area (Å²) < 4.78 is 26.1. The van der Waals surface area contributed by atoms with E-state index in [1.165, 1.54) is 0 Å². The van der Waals surface area contributed by atoms with Crippen LogP contribution >= 0.6 is 10.9 Å². The molecule has 9 heavy (non-hydrogen) atoms. The molecule has 1 fully saturated rings. The van der Waals surface area contributed by atoms with Gasteiger partial charge in [0.25, 0.3) is 0 Å². The summed E-state index contributed by atoms with van der Waals surface area (Å²) >= 11 is 0. The van der Waals surface area contributed by atoms with Crippen molar-refractivity contribution in [1.29, 1.82) is 0 Å². The van der Waals surface area contributed by atoms with Gasteiger partial charge in [-0.05, 0) is 12.8 Å². The largest absolute Gasteiger partial charge is 0.308 e. The maximum absolute atomic E-state index is 8.71. The zero-order valence-corrected chi connectivity index (χ0v) is 5.97. The van der Waals surface area contributed by atoms with Crippen molar-refractivity contribution >= 4 is 10.9 Å². The highest BCUT2D eigenvalue weighted by molar-refractivity contribution is 8.19. The molecule has 0 heterocycles. The van der Waals surface area contributed by atoms with E-state index in [-0.39, 0.29) is 5.25 Å². The Morgan fingerprint density at radius 1 is 1.00 bits per heavy atom. The molecule has 0 aliphatic heterocycles. The molecular weight excluding hydrogens is 140 g/mol. The first kappa shape index (κ1) is 7.34. The molecular formula is C5H12O3S. The molecule has 3 N–H and O–H groups in total. The Kier molecular flexibility index (Phi) is 2.00. The van der Waals surface area contributed by atoms with Crippen LogP contribution in [0.15, 0.2) is 0 Å². The third-order valence-electron chi connectivity index (χ3n) is 1.75. The fourth-order valence-electron chi connectivity index (χ4n) is 1.20. The first-order valence-corrected chi connectivity index (χ1v) is 4.67. The van der Waals surface area contributed by atoms with Gasteiger partial charge in [-0.2, -0.15) is 0 Å². The van der Waals surface area contributed by atoms with Crippen LogP contribution < -0.4 is 0 Å². The average molecular weight is 152 g/mol. The molecule has 0 aromatic heterocycles. The van der Waals surface area contributed by atoms with Crippen molar-refractivity contribution in [2.75, 3.05) is 0 Å². The fourth-order valence-corrected chi connectivity index (χ4v) is 2.17. The number of hydrogen-bond acceptors (Lipinski definition) is 3. The molecule has 0 radical (unpaired) electrons. The molecule has 0 bridgehead atoms. The Hall–Kier alpha value is 0.230. The van der Waals surface area contributed by atoms with E-state index < -0.39 is 10.9 Å². The highest BCUT2D eigenvalue weighted by atomic mass is 32.3. The van der Waals surface area contributed by atoms with Crippen LogP contribution in [0.1, 0.15) is 25.7 Å². The lowest BCUT2D eigenvalue weighted by molar-refractivity contribution is 0.361. The topological polar surface area (TPSA) is 60.7 Å². The van der Waals surface area contributed by atoms with Crippen molar-refractivity contribution in [3.8, 4) is 0 Å². The van der Waals surface area contributed by atoms with Crippen molar-refractivity contribution in [3.05, 3.63) is 0 Å². The Balaban J connectivity index is 2.42. The summed E-state index contributed by atoms with van der Waals surface area (Å²) in [7, 11) is -3.20. The number of rotatable bonds is 1.